The highest BCUT2D eigenvalue weighted by atomic mass is 16.7. The first-order chi connectivity index (χ1) is 30.7. The van der Waals surface area contributed by atoms with Crippen LogP contribution in [0.5, 0.6) is 11.5 Å². The number of fused-ring (bicyclic) bond motifs is 2. The lowest BCUT2D eigenvalue weighted by molar-refractivity contribution is -0.155. The van der Waals surface area contributed by atoms with E-state index in [4.69, 9.17) is 28.3 Å². The molecule has 1 amide bonds. The van der Waals surface area contributed by atoms with Crippen LogP contribution in [0.2, 0.25) is 0 Å². The molecule has 3 aromatic carbocycles. The van der Waals surface area contributed by atoms with Crippen LogP contribution in [0.25, 0.3) is 38.7 Å². The Morgan fingerprint density at radius 1 is 1.00 bits per heavy atom. The van der Waals surface area contributed by atoms with Gasteiger partial charge in [-0.25, -0.2) is 4.98 Å². The van der Waals surface area contributed by atoms with Gasteiger partial charge in [-0.05, 0) is 77.5 Å². The number of piperidine rings is 1. The molecule has 1 aromatic heterocycles. The van der Waals surface area contributed by atoms with Crippen molar-refractivity contribution < 1.29 is 43.2 Å². The SMILES string of the molecule is CO[C@H]1/C=C/O[C@@]2(C)Oc3c(C)c(O)c4c(=O)c(c5oc6cc(N7CCC(N(C)C)CC7)cc(=O)c6nc5c4c3=C2O)NC(=O)/C(C)=C\C=C\[C@H](C)C[C@@H](C)C[C@@H](C)[C@H](OC(C)=O)[C@@H]1C. The van der Waals surface area contributed by atoms with Crippen LogP contribution in [0.15, 0.2) is 62.3 Å². The zero-order valence-electron chi connectivity index (χ0n) is 39.2. The molecule has 3 N–H and O–H groups in total. The Balaban J connectivity index is 1.46. The second kappa shape index (κ2) is 18.5. The Morgan fingerprint density at radius 2 is 1.71 bits per heavy atom. The van der Waals surface area contributed by atoms with Gasteiger partial charge in [0.2, 0.25) is 10.9 Å². The molecule has 7 atom stereocenters. The number of phenols is 1. The van der Waals surface area contributed by atoms with Crippen molar-refractivity contribution in [2.45, 2.75) is 105 Å². The third kappa shape index (κ3) is 9.04. The van der Waals surface area contributed by atoms with Crippen molar-refractivity contribution in [2.24, 2.45) is 23.7 Å². The minimum atomic E-state index is -1.90. The number of carbonyl (C=O) groups is 2. The number of aromatic nitrogens is 1. The number of nitrogens with zero attached hydrogens (tertiary/aromatic N) is 3. The fraction of sp³-hybridized carbons (Fsp3) is 0.500. The predicted molar refractivity (Wildman–Crippen MR) is 251 cm³/mol. The molecule has 1 fully saturated rings. The molecule has 0 spiro atoms. The zero-order valence-corrected chi connectivity index (χ0v) is 39.2. The number of hydrogen-bond donors (Lipinski definition) is 3. The summed E-state index contributed by atoms with van der Waals surface area (Å²) in [5, 5.41) is 26.4. The number of rotatable bonds is 4. The minimum Gasteiger partial charge on any atom is -0.507 e. The fourth-order valence-corrected chi connectivity index (χ4v) is 9.87. The van der Waals surface area contributed by atoms with Crippen molar-refractivity contribution in [3.05, 3.63) is 79.5 Å². The lowest BCUT2D eigenvalue weighted by Gasteiger charge is -2.36. The molecule has 4 aromatic rings. The van der Waals surface area contributed by atoms with Crippen LogP contribution in [0.4, 0.5) is 11.4 Å². The smallest absolute Gasteiger partial charge is 0.307 e. The Labute approximate surface area is 378 Å². The molecule has 7 rings (SSSR count). The largest absolute Gasteiger partial charge is 0.507 e. The highest BCUT2D eigenvalue weighted by molar-refractivity contribution is 6.16. The predicted octanol–water partition coefficient (Wildman–Crippen LogP) is 7.15. The number of carbonyl (C=O) groups excluding carboxylic acids is 2. The van der Waals surface area contributed by atoms with Crippen molar-refractivity contribution in [1.82, 2.24) is 9.88 Å². The van der Waals surface area contributed by atoms with Gasteiger partial charge in [-0.2, -0.15) is 0 Å². The Bertz CT molecular complexity index is 2810. The maximum Gasteiger partial charge on any atom is 0.307 e. The van der Waals surface area contributed by atoms with Crippen LogP contribution in [0, 0.1) is 30.6 Å². The van der Waals surface area contributed by atoms with Gasteiger partial charge in [0.05, 0.1) is 23.0 Å². The van der Waals surface area contributed by atoms with Crippen LogP contribution < -0.4 is 31.0 Å². The number of benzene rings is 3. The quantitative estimate of drug-likeness (QED) is 0.106. The highest BCUT2D eigenvalue weighted by Gasteiger charge is 2.44. The molecule has 0 radical (unpaired) electrons. The molecule has 15 heteroatoms. The monoisotopic (exact) mass is 894 g/mol. The summed E-state index contributed by atoms with van der Waals surface area (Å²) in [7, 11) is 5.65. The summed E-state index contributed by atoms with van der Waals surface area (Å²) < 4.78 is 30.8. The molecule has 4 heterocycles. The van der Waals surface area contributed by atoms with Crippen LogP contribution in [0.3, 0.4) is 0 Å². The number of aliphatic hydroxyl groups is 1. The molecule has 348 valence electrons. The van der Waals surface area contributed by atoms with Gasteiger partial charge < -0.3 is 48.7 Å². The van der Waals surface area contributed by atoms with E-state index in [1.165, 1.54) is 33.1 Å². The third-order valence-electron chi connectivity index (χ3n) is 13.4. The number of hydrogen-bond acceptors (Lipinski definition) is 14. The van der Waals surface area contributed by atoms with E-state index >= 15 is 0 Å². The second-order valence-corrected chi connectivity index (χ2v) is 18.7. The van der Waals surface area contributed by atoms with Crippen LogP contribution in [-0.2, 0) is 23.8 Å². The van der Waals surface area contributed by atoms with E-state index < -0.39 is 52.2 Å². The van der Waals surface area contributed by atoms with Crippen molar-refractivity contribution >= 4 is 62.0 Å². The number of anilines is 2. The van der Waals surface area contributed by atoms with Gasteiger partial charge in [0, 0.05) is 80.3 Å². The highest BCUT2D eigenvalue weighted by Crippen LogP contribution is 2.42. The van der Waals surface area contributed by atoms with Crippen LogP contribution >= 0.6 is 0 Å². The van der Waals surface area contributed by atoms with E-state index in [1.807, 2.05) is 13.0 Å². The Kier molecular flexibility index (Phi) is 13.4. The number of allylic oxidation sites excluding steroid dienone is 3. The minimum absolute atomic E-state index is 0.00134. The number of nitrogens with one attached hydrogen (secondary N) is 1. The normalized spacial score (nSPS) is 28.0. The summed E-state index contributed by atoms with van der Waals surface area (Å²) >= 11 is 0. The standard InChI is InChI=1S/C50H62N4O11/c1-25-13-12-14-27(3)49(60)52-42-44(58)38-37(41-47(42)64-36-24-33(23-34(56)40(36)51-41)54-18-15-32(16-19-54)53(9)10)39-46(30(6)43(38)57)65-50(8,48(39)59)62-20-17-35(61-11)29(5)45(63-31(7)55)28(4)22-26(2)21-25/h12-14,17,20,23-26,28-29,32,35,45,57,59H,15-16,18-19,21-22H2,1-11H3,(H,52,60)/b13-12+,20-17+,27-14-/t25-,26+,28+,29+,35-,45-,50-/m0/s1. The van der Waals surface area contributed by atoms with Gasteiger partial charge in [0.1, 0.15) is 28.8 Å². The molecule has 65 heavy (non-hydrogen) atoms. The summed E-state index contributed by atoms with van der Waals surface area (Å²) in [6.45, 7) is 15.6. The molecule has 15 nitrogen and oxygen atoms in total. The number of ether oxygens (including phenoxy) is 4. The van der Waals surface area contributed by atoms with Gasteiger partial charge in [0.15, 0.2) is 22.4 Å². The molecule has 3 aliphatic heterocycles. The molecule has 3 aliphatic rings. The Morgan fingerprint density at radius 3 is 2.37 bits per heavy atom. The molecule has 1 saturated heterocycles. The maximum atomic E-state index is 14.9. The number of esters is 1. The third-order valence-corrected chi connectivity index (χ3v) is 13.4. The van der Waals surface area contributed by atoms with E-state index in [-0.39, 0.29) is 84.4 Å². The maximum absolute atomic E-state index is 14.9. The summed E-state index contributed by atoms with van der Waals surface area (Å²) in [4.78, 5) is 64.4. The van der Waals surface area contributed by atoms with Gasteiger partial charge in [-0.1, -0.05) is 45.9 Å². The first kappa shape index (κ1) is 47.0. The van der Waals surface area contributed by atoms with Crippen molar-refractivity contribution in [3.8, 4) is 11.5 Å². The van der Waals surface area contributed by atoms with E-state index in [2.05, 4.69) is 50.0 Å². The summed E-state index contributed by atoms with van der Waals surface area (Å²) in [5.74, 6) is -3.88. The molecular weight excluding hydrogens is 833 g/mol. The molecule has 4 bridgehead atoms. The number of aliphatic hydroxyl groups excluding tert-OH is 1. The molecule has 0 saturated carbocycles. The number of aromatic hydroxyl groups is 1. The zero-order chi connectivity index (χ0) is 47.2. The topological polar surface area (TPSA) is 190 Å². The van der Waals surface area contributed by atoms with Gasteiger partial charge in [-0.15, -0.1) is 0 Å². The molecule has 0 aliphatic carbocycles. The van der Waals surface area contributed by atoms with E-state index in [0.29, 0.717) is 24.8 Å². The van der Waals surface area contributed by atoms with Crippen molar-refractivity contribution in [2.75, 3.05) is 44.5 Å². The lowest BCUT2D eigenvalue weighted by Crippen LogP contribution is -2.42. The van der Waals surface area contributed by atoms with Crippen molar-refractivity contribution in [3.63, 3.8) is 0 Å². The summed E-state index contributed by atoms with van der Waals surface area (Å²) in [6, 6.07) is 3.62. The molecule has 0 unspecified atom stereocenters. The first-order valence-electron chi connectivity index (χ1n) is 22.4. The summed E-state index contributed by atoms with van der Waals surface area (Å²) in [6.07, 6.45) is 10.7. The average Bonchev–Trinajstić information content (AvgIpc) is 3.52. The van der Waals surface area contributed by atoms with E-state index in [9.17, 15) is 29.4 Å². The van der Waals surface area contributed by atoms with Gasteiger partial charge >= 0.3 is 11.8 Å². The number of amides is 1. The second-order valence-electron chi connectivity index (χ2n) is 18.7. The Hall–Kier alpha value is -5.93. The fourth-order valence-electron chi connectivity index (χ4n) is 9.87. The summed E-state index contributed by atoms with van der Waals surface area (Å²) in [5.41, 5.74) is -0.786. The van der Waals surface area contributed by atoms with Crippen molar-refractivity contribution in [1.29, 1.82) is 0 Å². The average molecular weight is 895 g/mol. The number of phenolic OH excluding ortho intramolecular Hbond substituents is 1. The van der Waals surface area contributed by atoms with Crippen LogP contribution in [-0.4, -0.2) is 90.3 Å². The van der Waals surface area contributed by atoms with E-state index in [1.54, 1.807) is 38.3 Å². The van der Waals surface area contributed by atoms with E-state index in [0.717, 1.165) is 25.7 Å². The lowest BCUT2D eigenvalue weighted by atomic mass is 9.82. The van der Waals surface area contributed by atoms with Gasteiger partial charge in [0.25, 0.3) is 5.91 Å². The van der Waals surface area contributed by atoms with Gasteiger partial charge in [-0.3, -0.25) is 19.2 Å². The first-order valence-corrected chi connectivity index (χ1v) is 22.4. The molecular formula is C50H62N4O11. The number of methoxy groups -OCH3 is 1. The van der Waals surface area contributed by atoms with Crippen LogP contribution in [0.1, 0.15) is 79.7 Å².